The van der Waals surface area contributed by atoms with Crippen LogP contribution in [0, 0.1) is 0 Å². The predicted molar refractivity (Wildman–Crippen MR) is 116 cm³/mol. The number of urea groups is 1. The molecule has 3 aromatic rings. The van der Waals surface area contributed by atoms with E-state index < -0.39 is 69.4 Å². The second kappa shape index (κ2) is 9.28. The van der Waals surface area contributed by atoms with Crippen LogP contribution in [-0.2, 0) is 17.5 Å². The normalized spacial score (nSPS) is 15.7. The number of para-hydroxylation sites is 1. The van der Waals surface area contributed by atoms with E-state index in [1.165, 1.54) is 26.0 Å². The van der Waals surface area contributed by atoms with Crippen molar-refractivity contribution in [2.24, 2.45) is 0 Å². The Bertz CT molecular complexity index is 1360. The third-order valence-corrected chi connectivity index (χ3v) is 5.83. The van der Waals surface area contributed by atoms with E-state index in [0.717, 1.165) is 29.2 Å². The lowest BCUT2D eigenvalue weighted by Crippen LogP contribution is -2.40. The summed E-state index contributed by atoms with van der Waals surface area (Å²) in [5, 5.41) is 6.08. The van der Waals surface area contributed by atoms with Crippen molar-refractivity contribution in [3.63, 3.8) is 0 Å². The zero-order valence-corrected chi connectivity index (χ0v) is 19.7. The molecule has 4 rings (SSSR count). The van der Waals surface area contributed by atoms with Gasteiger partial charge in [0.25, 0.3) is 5.91 Å². The first kappa shape index (κ1) is 26.3. The fourth-order valence-corrected chi connectivity index (χ4v) is 3.98. The van der Waals surface area contributed by atoms with Gasteiger partial charge < -0.3 is 14.6 Å². The van der Waals surface area contributed by atoms with Gasteiger partial charge in [-0.15, -0.1) is 0 Å². The monoisotopic (exact) mass is 546 g/mol. The summed E-state index contributed by atoms with van der Waals surface area (Å²) in [5.74, 6) is -2.19. The summed E-state index contributed by atoms with van der Waals surface area (Å²) >= 11 is -0.519. The summed E-state index contributed by atoms with van der Waals surface area (Å²) in [6.07, 6.45) is -4.95. The number of halogens is 6. The van der Waals surface area contributed by atoms with Gasteiger partial charge in [-0.2, -0.15) is 31.3 Å². The molecular formula is C22H16F6N4O4S. The molecule has 15 heteroatoms. The Balaban J connectivity index is 1.62. The molecule has 1 fully saturated rings. The van der Waals surface area contributed by atoms with E-state index in [0.29, 0.717) is 6.07 Å². The zero-order valence-electron chi connectivity index (χ0n) is 18.9. The van der Waals surface area contributed by atoms with Crippen LogP contribution in [0.2, 0.25) is 0 Å². The van der Waals surface area contributed by atoms with Gasteiger partial charge in [0.2, 0.25) is 11.7 Å². The number of imide groups is 1. The number of nitrogens with zero attached hydrogens (tertiary/aromatic N) is 3. The average Bonchev–Trinajstić information content (AvgIpc) is 3.32. The average molecular weight is 546 g/mol. The number of amides is 3. The van der Waals surface area contributed by atoms with Gasteiger partial charge in [0, 0.05) is 5.56 Å². The van der Waals surface area contributed by atoms with Gasteiger partial charge in [0.15, 0.2) is 0 Å². The number of aromatic nitrogens is 2. The molecule has 0 saturated carbocycles. The summed E-state index contributed by atoms with van der Waals surface area (Å²) in [7, 11) is 0. The lowest BCUT2D eigenvalue weighted by Gasteiger charge is -2.16. The van der Waals surface area contributed by atoms with Crippen molar-refractivity contribution in [1.29, 1.82) is 0 Å². The Hall–Kier alpha value is -3.75. The predicted octanol–water partition coefficient (Wildman–Crippen LogP) is 5.99. The number of carbonyl (C=O) groups excluding carboxylic acids is 2. The molecule has 196 valence electrons. The molecular weight excluding hydrogens is 530 g/mol. The van der Waals surface area contributed by atoms with E-state index in [4.69, 9.17) is 9.26 Å². The molecule has 0 atom stereocenters. The van der Waals surface area contributed by atoms with Crippen molar-refractivity contribution >= 4 is 23.7 Å². The quantitative estimate of drug-likeness (QED) is 0.230. The van der Waals surface area contributed by atoms with E-state index in [1.54, 1.807) is 0 Å². The number of benzene rings is 2. The van der Waals surface area contributed by atoms with Crippen LogP contribution in [0.5, 0.6) is 11.5 Å². The van der Waals surface area contributed by atoms with E-state index in [1.807, 2.05) is 0 Å². The van der Waals surface area contributed by atoms with Crippen LogP contribution in [0.3, 0.4) is 0 Å². The number of thioether (sulfide) groups is 1. The summed E-state index contributed by atoms with van der Waals surface area (Å²) in [5.41, 5.74) is -7.26. The second-order valence-corrected chi connectivity index (χ2v) is 9.37. The highest BCUT2D eigenvalue weighted by Gasteiger charge is 2.45. The molecule has 0 aliphatic carbocycles. The zero-order chi connectivity index (χ0) is 27.2. The molecule has 0 spiro atoms. The van der Waals surface area contributed by atoms with Crippen molar-refractivity contribution < 1.29 is 45.2 Å². The number of nitrogens with one attached hydrogen (secondary N) is 1. The topological polar surface area (TPSA) is 97.6 Å². The van der Waals surface area contributed by atoms with Crippen LogP contribution in [-0.4, -0.2) is 38.0 Å². The van der Waals surface area contributed by atoms with E-state index in [-0.39, 0.29) is 17.3 Å². The van der Waals surface area contributed by atoms with Crippen molar-refractivity contribution in [2.45, 2.75) is 42.5 Å². The van der Waals surface area contributed by atoms with Crippen LogP contribution in [0.25, 0.3) is 11.4 Å². The highest BCUT2D eigenvalue weighted by atomic mass is 32.2. The van der Waals surface area contributed by atoms with E-state index >= 15 is 0 Å². The van der Waals surface area contributed by atoms with Crippen LogP contribution < -0.4 is 10.1 Å². The smallest absolute Gasteiger partial charge is 0.446 e. The molecule has 0 radical (unpaired) electrons. The maximum Gasteiger partial charge on any atom is 0.446 e. The van der Waals surface area contributed by atoms with Crippen LogP contribution >= 0.6 is 11.8 Å². The Morgan fingerprint density at radius 1 is 1.05 bits per heavy atom. The Morgan fingerprint density at radius 2 is 1.76 bits per heavy atom. The second-order valence-electron chi connectivity index (χ2n) is 8.26. The van der Waals surface area contributed by atoms with Gasteiger partial charge >= 0.3 is 17.7 Å². The molecule has 0 bridgehead atoms. The van der Waals surface area contributed by atoms with Gasteiger partial charge in [0.05, 0.1) is 10.5 Å². The highest BCUT2D eigenvalue weighted by Crippen LogP contribution is 2.45. The minimum absolute atomic E-state index is 0.148. The SMILES string of the molecule is CC1(C)NC(=O)N(Cc2nc(-c3ccc(Oc4ccccc4SC(F)(F)F)c(C(F)(F)F)c3)no2)C1=O. The molecule has 37 heavy (non-hydrogen) atoms. The van der Waals surface area contributed by atoms with Crippen molar-refractivity contribution in [2.75, 3.05) is 0 Å². The molecule has 0 unspecified atom stereocenters. The van der Waals surface area contributed by atoms with Gasteiger partial charge in [-0.1, -0.05) is 17.3 Å². The van der Waals surface area contributed by atoms with Gasteiger partial charge in [-0.3, -0.25) is 9.69 Å². The third kappa shape index (κ3) is 5.81. The molecule has 1 aliphatic heterocycles. The summed E-state index contributed by atoms with van der Waals surface area (Å²) in [4.78, 5) is 28.7. The van der Waals surface area contributed by atoms with E-state index in [2.05, 4.69) is 15.5 Å². The standard InChI is InChI=1S/C22H16F6N4O4S/c1-20(2)18(33)32(19(34)30-20)10-16-29-17(31-36-16)11-7-8-13(12(9-11)21(23,24)25)35-14-5-3-4-6-15(14)37-22(26,27)28/h3-9H,10H2,1-2H3,(H,30,34). The third-order valence-electron chi connectivity index (χ3n) is 5.04. The van der Waals surface area contributed by atoms with Crippen LogP contribution in [0.1, 0.15) is 25.3 Å². The minimum atomic E-state index is -4.95. The lowest BCUT2D eigenvalue weighted by molar-refractivity contribution is -0.138. The molecule has 1 saturated heterocycles. The number of ether oxygens (including phenoxy) is 1. The minimum Gasteiger partial charge on any atom is -0.456 e. The number of hydrogen-bond acceptors (Lipinski definition) is 7. The molecule has 1 aliphatic rings. The molecule has 8 nitrogen and oxygen atoms in total. The Kier molecular flexibility index (Phi) is 6.60. The number of carbonyl (C=O) groups is 2. The Labute approximate surface area is 209 Å². The Morgan fingerprint density at radius 3 is 2.38 bits per heavy atom. The maximum atomic E-state index is 13.8. The summed E-state index contributed by atoms with van der Waals surface area (Å²) in [6.45, 7) is 2.59. The molecule has 1 aromatic heterocycles. The molecule has 3 amide bonds. The van der Waals surface area contributed by atoms with Gasteiger partial charge in [0.1, 0.15) is 23.6 Å². The van der Waals surface area contributed by atoms with Crippen molar-refractivity contribution in [3.05, 3.63) is 53.9 Å². The van der Waals surface area contributed by atoms with Crippen molar-refractivity contribution in [3.8, 4) is 22.9 Å². The molecule has 2 aromatic carbocycles. The first-order valence-electron chi connectivity index (χ1n) is 10.3. The molecule has 1 N–H and O–H groups in total. The lowest BCUT2D eigenvalue weighted by atomic mass is 10.1. The summed E-state index contributed by atoms with van der Waals surface area (Å²) in [6, 6.07) is 6.85. The van der Waals surface area contributed by atoms with Gasteiger partial charge in [-0.05, 0) is 55.9 Å². The van der Waals surface area contributed by atoms with Gasteiger partial charge in [-0.25, -0.2) is 4.79 Å². The molecule has 2 heterocycles. The summed E-state index contributed by atoms with van der Waals surface area (Å²) < 4.78 is 90.3. The van der Waals surface area contributed by atoms with Crippen LogP contribution in [0.4, 0.5) is 31.1 Å². The highest BCUT2D eigenvalue weighted by molar-refractivity contribution is 8.00. The largest absolute Gasteiger partial charge is 0.456 e. The maximum absolute atomic E-state index is 13.8. The van der Waals surface area contributed by atoms with Crippen LogP contribution in [0.15, 0.2) is 51.9 Å². The number of rotatable bonds is 6. The van der Waals surface area contributed by atoms with E-state index in [9.17, 15) is 35.9 Å². The van der Waals surface area contributed by atoms with Crippen molar-refractivity contribution in [1.82, 2.24) is 20.4 Å². The number of hydrogen-bond donors (Lipinski definition) is 1. The first-order valence-corrected chi connectivity index (χ1v) is 11.2. The first-order chi connectivity index (χ1) is 17.1. The number of alkyl halides is 6. The fourth-order valence-electron chi connectivity index (χ4n) is 3.37. The fraction of sp³-hybridized carbons (Fsp3) is 0.273.